The molecule has 2 heterocycles. The minimum atomic E-state index is 0.134. The fourth-order valence-electron chi connectivity index (χ4n) is 1.64. The van der Waals surface area contributed by atoms with E-state index in [1.807, 2.05) is 0 Å². The molecule has 0 aliphatic carbocycles. The van der Waals surface area contributed by atoms with Crippen LogP contribution in [-0.2, 0) is 4.79 Å². The van der Waals surface area contributed by atoms with Crippen molar-refractivity contribution in [1.82, 2.24) is 9.97 Å². The molecular formula is C10H12BrN3O. The van der Waals surface area contributed by atoms with E-state index < -0.39 is 0 Å². The second-order valence-corrected chi connectivity index (χ2v) is 4.47. The molecular weight excluding hydrogens is 258 g/mol. The average Bonchev–Trinajstić information content (AvgIpc) is 2.44. The molecule has 5 heteroatoms. The smallest absolute Gasteiger partial charge is 0.232 e. The quantitative estimate of drug-likeness (QED) is 0.785. The van der Waals surface area contributed by atoms with Gasteiger partial charge >= 0.3 is 0 Å². The van der Waals surface area contributed by atoms with Gasteiger partial charge in [0.2, 0.25) is 11.9 Å². The van der Waals surface area contributed by atoms with Gasteiger partial charge in [-0.15, -0.1) is 0 Å². The molecule has 1 aromatic rings. The van der Waals surface area contributed by atoms with Gasteiger partial charge in [0.05, 0.1) is 4.47 Å². The van der Waals surface area contributed by atoms with Gasteiger partial charge in [0.15, 0.2) is 0 Å². The Morgan fingerprint density at radius 2 is 1.93 bits per heavy atom. The molecule has 2 rings (SSSR count). The highest BCUT2D eigenvalue weighted by atomic mass is 79.9. The zero-order chi connectivity index (χ0) is 10.7. The van der Waals surface area contributed by atoms with Gasteiger partial charge in [-0.2, -0.15) is 0 Å². The molecule has 80 valence electrons. The van der Waals surface area contributed by atoms with Crippen LogP contribution in [0.5, 0.6) is 0 Å². The number of nitrogens with zero attached hydrogens (tertiary/aromatic N) is 3. The number of carbonyl (C=O) groups is 1. The highest BCUT2D eigenvalue weighted by Gasteiger charge is 2.19. The number of aromatic nitrogens is 2. The van der Waals surface area contributed by atoms with Crippen LogP contribution in [0, 0.1) is 0 Å². The summed E-state index contributed by atoms with van der Waals surface area (Å²) in [6.07, 6.45) is 7.07. The Bertz CT molecular complexity index is 352. The summed E-state index contributed by atoms with van der Waals surface area (Å²) in [5.74, 6) is 0.653. The van der Waals surface area contributed by atoms with Gasteiger partial charge in [-0.25, -0.2) is 9.97 Å². The summed E-state index contributed by atoms with van der Waals surface area (Å²) in [5.41, 5.74) is 0. The average molecular weight is 270 g/mol. The van der Waals surface area contributed by atoms with Crippen molar-refractivity contribution in [2.45, 2.75) is 25.7 Å². The molecule has 0 saturated carbocycles. The molecule has 0 bridgehead atoms. The molecule has 4 nitrogen and oxygen atoms in total. The Kier molecular flexibility index (Phi) is 3.30. The van der Waals surface area contributed by atoms with Crippen LogP contribution in [0.4, 0.5) is 5.95 Å². The molecule has 1 amide bonds. The van der Waals surface area contributed by atoms with Crippen LogP contribution in [0.3, 0.4) is 0 Å². The zero-order valence-corrected chi connectivity index (χ0v) is 9.90. The van der Waals surface area contributed by atoms with Crippen molar-refractivity contribution < 1.29 is 4.79 Å². The van der Waals surface area contributed by atoms with Crippen molar-refractivity contribution in [3.05, 3.63) is 16.9 Å². The summed E-state index contributed by atoms with van der Waals surface area (Å²) in [5, 5.41) is 0. The molecule has 0 atom stereocenters. The van der Waals surface area contributed by atoms with Gasteiger partial charge in [-0.3, -0.25) is 9.69 Å². The number of amides is 1. The van der Waals surface area contributed by atoms with Crippen LogP contribution in [0.15, 0.2) is 16.9 Å². The molecule has 0 aromatic carbocycles. The Labute approximate surface area is 96.8 Å². The molecule has 1 aliphatic heterocycles. The molecule has 1 fully saturated rings. The Hall–Kier alpha value is -0.970. The first kappa shape index (κ1) is 10.5. The molecule has 1 saturated heterocycles. The second kappa shape index (κ2) is 4.70. The van der Waals surface area contributed by atoms with Crippen molar-refractivity contribution >= 4 is 27.8 Å². The predicted molar refractivity (Wildman–Crippen MR) is 60.6 cm³/mol. The van der Waals surface area contributed by atoms with E-state index in [2.05, 4.69) is 25.9 Å². The van der Waals surface area contributed by atoms with E-state index >= 15 is 0 Å². The van der Waals surface area contributed by atoms with Crippen LogP contribution >= 0.6 is 15.9 Å². The van der Waals surface area contributed by atoms with Crippen LogP contribution < -0.4 is 4.90 Å². The lowest BCUT2D eigenvalue weighted by Gasteiger charge is -2.17. The fourth-order valence-corrected chi connectivity index (χ4v) is 1.84. The van der Waals surface area contributed by atoms with Gasteiger partial charge in [0.25, 0.3) is 0 Å². The summed E-state index contributed by atoms with van der Waals surface area (Å²) in [7, 11) is 0. The first-order valence-electron chi connectivity index (χ1n) is 5.05. The predicted octanol–water partition coefficient (Wildman–Crippen LogP) is 2.15. The fraction of sp³-hybridized carbons (Fsp3) is 0.500. The zero-order valence-electron chi connectivity index (χ0n) is 8.32. The number of hydrogen-bond donors (Lipinski definition) is 0. The van der Waals surface area contributed by atoms with E-state index in [0.717, 1.165) is 30.3 Å². The van der Waals surface area contributed by atoms with Gasteiger partial charge in [0, 0.05) is 25.4 Å². The molecule has 0 unspecified atom stereocenters. The second-order valence-electron chi connectivity index (χ2n) is 3.56. The summed E-state index contributed by atoms with van der Waals surface area (Å²) >= 11 is 3.27. The van der Waals surface area contributed by atoms with Crippen molar-refractivity contribution in [2.75, 3.05) is 11.4 Å². The topological polar surface area (TPSA) is 46.1 Å². The van der Waals surface area contributed by atoms with E-state index in [0.29, 0.717) is 12.4 Å². The molecule has 15 heavy (non-hydrogen) atoms. The molecule has 0 radical (unpaired) electrons. The van der Waals surface area contributed by atoms with Crippen molar-refractivity contribution in [1.29, 1.82) is 0 Å². The molecule has 0 spiro atoms. The summed E-state index contributed by atoms with van der Waals surface area (Å²) in [6, 6.07) is 0. The van der Waals surface area contributed by atoms with E-state index in [4.69, 9.17) is 0 Å². The standard InChI is InChI=1S/C10H12BrN3O/c11-8-6-12-10(13-7-8)14-5-3-1-2-4-9(14)15/h6-7H,1-5H2. The lowest BCUT2D eigenvalue weighted by molar-refractivity contribution is -0.118. The van der Waals surface area contributed by atoms with Gasteiger partial charge in [-0.05, 0) is 28.8 Å². The lowest BCUT2D eigenvalue weighted by Crippen LogP contribution is -2.31. The highest BCUT2D eigenvalue weighted by molar-refractivity contribution is 9.10. The molecule has 1 aromatic heterocycles. The summed E-state index contributed by atoms with van der Waals surface area (Å²) < 4.78 is 0.827. The Balaban J connectivity index is 2.20. The van der Waals surface area contributed by atoms with E-state index in [9.17, 15) is 4.79 Å². The molecule has 1 aliphatic rings. The SMILES string of the molecule is O=C1CCCCCN1c1ncc(Br)cn1. The van der Waals surface area contributed by atoms with E-state index in [1.165, 1.54) is 0 Å². The first-order valence-corrected chi connectivity index (χ1v) is 5.84. The normalized spacial score (nSPS) is 17.7. The highest BCUT2D eigenvalue weighted by Crippen LogP contribution is 2.17. The van der Waals surface area contributed by atoms with Gasteiger partial charge in [0.1, 0.15) is 0 Å². The summed E-state index contributed by atoms with van der Waals surface area (Å²) in [4.78, 5) is 21.7. The maximum atomic E-state index is 11.7. The third-order valence-corrected chi connectivity index (χ3v) is 2.83. The van der Waals surface area contributed by atoms with Crippen LogP contribution in [0.25, 0.3) is 0 Å². The first-order chi connectivity index (χ1) is 7.27. The van der Waals surface area contributed by atoms with E-state index in [1.54, 1.807) is 17.3 Å². The largest absolute Gasteiger partial charge is 0.281 e. The molecule has 0 N–H and O–H groups in total. The minimum absolute atomic E-state index is 0.134. The number of rotatable bonds is 1. The van der Waals surface area contributed by atoms with Crippen molar-refractivity contribution in [2.24, 2.45) is 0 Å². The van der Waals surface area contributed by atoms with Crippen molar-refractivity contribution in [3.8, 4) is 0 Å². The minimum Gasteiger partial charge on any atom is -0.281 e. The maximum Gasteiger partial charge on any atom is 0.232 e. The van der Waals surface area contributed by atoms with Crippen LogP contribution in [0.1, 0.15) is 25.7 Å². The Morgan fingerprint density at radius 1 is 1.20 bits per heavy atom. The number of carbonyl (C=O) groups excluding carboxylic acids is 1. The summed E-state index contributed by atoms with van der Waals surface area (Å²) in [6.45, 7) is 0.737. The van der Waals surface area contributed by atoms with Crippen LogP contribution in [0.2, 0.25) is 0 Å². The van der Waals surface area contributed by atoms with Gasteiger partial charge < -0.3 is 0 Å². The number of halogens is 1. The maximum absolute atomic E-state index is 11.7. The monoisotopic (exact) mass is 269 g/mol. The van der Waals surface area contributed by atoms with Crippen LogP contribution in [-0.4, -0.2) is 22.4 Å². The van der Waals surface area contributed by atoms with Gasteiger partial charge in [-0.1, -0.05) is 6.42 Å². The van der Waals surface area contributed by atoms with E-state index in [-0.39, 0.29) is 5.91 Å². The third-order valence-electron chi connectivity index (χ3n) is 2.42. The third kappa shape index (κ3) is 2.53. The lowest BCUT2D eigenvalue weighted by atomic mass is 10.2. The number of anilines is 1. The number of hydrogen-bond acceptors (Lipinski definition) is 3. The van der Waals surface area contributed by atoms with Crippen molar-refractivity contribution in [3.63, 3.8) is 0 Å². The Morgan fingerprint density at radius 3 is 2.67 bits per heavy atom.